The van der Waals surface area contributed by atoms with Crippen LogP contribution in [0.3, 0.4) is 0 Å². The third-order valence-corrected chi connectivity index (χ3v) is 5.16. The summed E-state index contributed by atoms with van der Waals surface area (Å²) >= 11 is 5.90. The third-order valence-electron chi connectivity index (χ3n) is 4.90. The van der Waals surface area contributed by atoms with Gasteiger partial charge in [-0.15, -0.1) is 0 Å². The molecule has 0 saturated carbocycles. The number of carbonyl (C=O) groups is 2. The van der Waals surface area contributed by atoms with Gasteiger partial charge in [0.15, 0.2) is 0 Å². The number of nitrogens with one attached hydrogen (secondary N) is 1. The van der Waals surface area contributed by atoms with E-state index in [0.717, 1.165) is 10.8 Å². The van der Waals surface area contributed by atoms with Crippen LogP contribution in [0.5, 0.6) is 11.5 Å². The number of rotatable bonds is 6. The molecule has 164 valence electrons. The Morgan fingerprint density at radius 2 is 1.70 bits per heavy atom. The molecule has 0 bridgehead atoms. The first-order valence-electron chi connectivity index (χ1n) is 10.0. The minimum Gasteiger partial charge on any atom is -0.497 e. The molecule has 0 unspecified atom stereocenters. The van der Waals surface area contributed by atoms with E-state index in [1.165, 1.54) is 13.3 Å². The summed E-state index contributed by atoms with van der Waals surface area (Å²) in [6.45, 7) is 0. The van der Waals surface area contributed by atoms with E-state index in [2.05, 4.69) is 10.5 Å². The molecule has 1 amide bonds. The van der Waals surface area contributed by atoms with Crippen LogP contribution in [-0.4, -0.2) is 25.2 Å². The van der Waals surface area contributed by atoms with Crippen LogP contribution < -0.4 is 14.9 Å². The van der Waals surface area contributed by atoms with Crippen molar-refractivity contribution in [2.24, 2.45) is 5.10 Å². The Kier molecular flexibility index (Phi) is 6.66. The molecule has 6 nitrogen and oxygen atoms in total. The van der Waals surface area contributed by atoms with Crippen LogP contribution in [0, 0.1) is 0 Å². The lowest BCUT2D eigenvalue weighted by atomic mass is 10.0. The lowest BCUT2D eigenvalue weighted by Gasteiger charge is -2.11. The first-order chi connectivity index (χ1) is 16.0. The molecule has 7 heteroatoms. The number of benzene rings is 4. The van der Waals surface area contributed by atoms with Crippen molar-refractivity contribution in [1.29, 1.82) is 0 Å². The average Bonchev–Trinajstić information content (AvgIpc) is 2.85. The molecule has 33 heavy (non-hydrogen) atoms. The Hall–Kier alpha value is -4.16. The van der Waals surface area contributed by atoms with Crippen LogP contribution in [0.4, 0.5) is 0 Å². The van der Waals surface area contributed by atoms with Crippen molar-refractivity contribution in [3.63, 3.8) is 0 Å². The molecular weight excluding hydrogens is 440 g/mol. The van der Waals surface area contributed by atoms with Crippen LogP contribution >= 0.6 is 11.6 Å². The number of hydrogen-bond donors (Lipinski definition) is 1. The predicted molar refractivity (Wildman–Crippen MR) is 128 cm³/mol. The summed E-state index contributed by atoms with van der Waals surface area (Å²) in [6.07, 6.45) is 1.46. The van der Waals surface area contributed by atoms with Crippen LogP contribution in [0.2, 0.25) is 5.02 Å². The first kappa shape index (κ1) is 22.0. The summed E-state index contributed by atoms with van der Waals surface area (Å²) in [6, 6.07) is 24.3. The maximum Gasteiger partial charge on any atom is 0.343 e. The van der Waals surface area contributed by atoms with Crippen molar-refractivity contribution in [3.05, 3.63) is 107 Å². The number of carbonyl (C=O) groups excluding carboxylic acids is 2. The molecule has 0 aliphatic rings. The highest BCUT2D eigenvalue weighted by molar-refractivity contribution is 6.30. The molecule has 0 radical (unpaired) electrons. The molecule has 0 heterocycles. The van der Waals surface area contributed by atoms with E-state index < -0.39 is 11.9 Å². The van der Waals surface area contributed by atoms with Gasteiger partial charge in [0.25, 0.3) is 5.91 Å². The maximum atomic E-state index is 12.6. The smallest absolute Gasteiger partial charge is 0.343 e. The van der Waals surface area contributed by atoms with Gasteiger partial charge in [-0.2, -0.15) is 5.10 Å². The number of methoxy groups -OCH3 is 1. The van der Waals surface area contributed by atoms with E-state index in [4.69, 9.17) is 21.1 Å². The third kappa shape index (κ3) is 5.19. The topological polar surface area (TPSA) is 77.0 Å². The summed E-state index contributed by atoms with van der Waals surface area (Å²) < 4.78 is 10.8. The van der Waals surface area contributed by atoms with Crippen LogP contribution in [0.15, 0.2) is 90.0 Å². The Labute approximate surface area is 195 Å². The Bertz CT molecular complexity index is 1350. The molecule has 4 aromatic carbocycles. The fourth-order valence-electron chi connectivity index (χ4n) is 3.23. The lowest BCUT2D eigenvalue weighted by Crippen LogP contribution is -2.17. The molecule has 0 spiro atoms. The number of hydrogen-bond acceptors (Lipinski definition) is 5. The SMILES string of the molecule is COc1cccc(C(=O)N/N=C\c2c(OC(=O)c3ccc(Cl)cc3)ccc3ccccc23)c1. The quantitative estimate of drug-likeness (QED) is 0.179. The van der Waals surface area contributed by atoms with E-state index in [0.29, 0.717) is 33.2 Å². The molecule has 0 aliphatic heterocycles. The maximum absolute atomic E-state index is 12.6. The largest absolute Gasteiger partial charge is 0.497 e. The van der Waals surface area contributed by atoms with Crippen LogP contribution in [0.25, 0.3) is 10.8 Å². The van der Waals surface area contributed by atoms with Gasteiger partial charge in [-0.1, -0.05) is 48.0 Å². The van der Waals surface area contributed by atoms with Gasteiger partial charge in [-0.3, -0.25) is 4.79 Å². The molecule has 0 aliphatic carbocycles. The Morgan fingerprint density at radius 1 is 0.909 bits per heavy atom. The molecule has 4 rings (SSSR count). The fraction of sp³-hybridized carbons (Fsp3) is 0.0385. The molecule has 1 N–H and O–H groups in total. The highest BCUT2D eigenvalue weighted by Crippen LogP contribution is 2.27. The summed E-state index contributed by atoms with van der Waals surface area (Å²) in [4.78, 5) is 25.1. The zero-order valence-corrected chi connectivity index (χ0v) is 18.4. The molecule has 0 fully saturated rings. The zero-order chi connectivity index (χ0) is 23.2. The molecule has 4 aromatic rings. The Morgan fingerprint density at radius 3 is 2.48 bits per heavy atom. The van der Waals surface area contributed by atoms with Gasteiger partial charge in [0.2, 0.25) is 0 Å². The lowest BCUT2D eigenvalue weighted by molar-refractivity contribution is 0.0734. The summed E-state index contributed by atoms with van der Waals surface area (Å²) in [7, 11) is 1.53. The van der Waals surface area contributed by atoms with Crippen molar-refractivity contribution in [3.8, 4) is 11.5 Å². The van der Waals surface area contributed by atoms with Crippen molar-refractivity contribution < 1.29 is 19.1 Å². The first-order valence-corrected chi connectivity index (χ1v) is 10.4. The number of esters is 1. The van der Waals surface area contributed by atoms with E-state index in [9.17, 15) is 9.59 Å². The highest BCUT2D eigenvalue weighted by atomic mass is 35.5. The normalized spacial score (nSPS) is 10.8. The minimum atomic E-state index is -0.531. The highest BCUT2D eigenvalue weighted by Gasteiger charge is 2.14. The minimum absolute atomic E-state index is 0.313. The van der Waals surface area contributed by atoms with Gasteiger partial charge in [0.05, 0.1) is 18.9 Å². The molecule has 0 aromatic heterocycles. The number of nitrogens with zero attached hydrogens (tertiary/aromatic N) is 1. The summed E-state index contributed by atoms with van der Waals surface area (Å²) in [5.41, 5.74) is 3.82. The number of amides is 1. The van der Waals surface area contributed by atoms with Gasteiger partial charge in [-0.25, -0.2) is 10.2 Å². The van der Waals surface area contributed by atoms with Crippen molar-refractivity contribution in [2.75, 3.05) is 7.11 Å². The van der Waals surface area contributed by atoms with E-state index >= 15 is 0 Å². The van der Waals surface area contributed by atoms with E-state index in [-0.39, 0.29) is 0 Å². The van der Waals surface area contributed by atoms with Gasteiger partial charge in [-0.05, 0) is 59.3 Å². The summed E-state index contributed by atoms with van der Waals surface area (Å²) in [5.74, 6) is -0.0489. The van der Waals surface area contributed by atoms with Crippen molar-refractivity contribution in [2.45, 2.75) is 0 Å². The van der Waals surface area contributed by atoms with E-state index in [1.54, 1.807) is 54.6 Å². The fourth-order valence-corrected chi connectivity index (χ4v) is 3.35. The summed E-state index contributed by atoms with van der Waals surface area (Å²) in [5, 5.41) is 6.38. The van der Waals surface area contributed by atoms with Crippen LogP contribution in [0.1, 0.15) is 26.3 Å². The van der Waals surface area contributed by atoms with Crippen molar-refractivity contribution in [1.82, 2.24) is 5.43 Å². The van der Waals surface area contributed by atoms with E-state index in [1.807, 2.05) is 30.3 Å². The standard InChI is InChI=1S/C26H19ClN2O4/c1-32-21-7-4-6-19(15-21)25(30)29-28-16-23-22-8-3-2-5-17(22)11-14-24(23)33-26(31)18-9-12-20(27)13-10-18/h2-16H,1H3,(H,29,30)/b28-16-. The molecular formula is C26H19ClN2O4. The number of halogens is 1. The number of fused-ring (bicyclic) bond motifs is 1. The second-order valence-electron chi connectivity index (χ2n) is 7.03. The zero-order valence-electron chi connectivity index (χ0n) is 17.6. The predicted octanol–water partition coefficient (Wildman–Crippen LogP) is 5.48. The van der Waals surface area contributed by atoms with Crippen LogP contribution in [-0.2, 0) is 0 Å². The molecule has 0 atom stereocenters. The average molecular weight is 459 g/mol. The van der Waals surface area contributed by atoms with Crippen molar-refractivity contribution >= 4 is 40.5 Å². The number of hydrazone groups is 1. The monoisotopic (exact) mass is 458 g/mol. The second-order valence-corrected chi connectivity index (χ2v) is 7.46. The van der Waals surface area contributed by atoms with Gasteiger partial charge in [0.1, 0.15) is 11.5 Å². The van der Waals surface area contributed by atoms with Gasteiger partial charge < -0.3 is 9.47 Å². The number of ether oxygens (including phenoxy) is 2. The second kappa shape index (κ2) is 9.97. The Balaban J connectivity index is 1.61. The van der Waals surface area contributed by atoms with Gasteiger partial charge >= 0.3 is 5.97 Å². The molecule has 0 saturated heterocycles. The van der Waals surface area contributed by atoms with Gasteiger partial charge in [0, 0.05) is 16.1 Å².